The van der Waals surface area contributed by atoms with Crippen molar-refractivity contribution >= 4 is 44.2 Å². The highest BCUT2D eigenvalue weighted by Crippen LogP contribution is 2.20. The molecule has 0 unspecified atom stereocenters. The van der Waals surface area contributed by atoms with Crippen LogP contribution < -0.4 is 0 Å². The summed E-state index contributed by atoms with van der Waals surface area (Å²) in [6.07, 6.45) is 1.71. The largest absolute Gasteiger partial charge is 0.232 e. The Bertz CT molecular complexity index is 259. The first kappa shape index (κ1) is 6.98. The number of aromatic nitrogens is 1. The van der Waals surface area contributed by atoms with Crippen molar-refractivity contribution in [3.8, 4) is 0 Å². The lowest BCUT2D eigenvalue weighted by Gasteiger charge is -1.73. The molecule has 0 atom stereocenters. The molecule has 1 heterocycles. The topological polar surface area (TPSA) is 25.2 Å². The van der Waals surface area contributed by atoms with E-state index in [2.05, 4.69) is 9.98 Å². The van der Waals surface area contributed by atoms with Gasteiger partial charge in [-0.25, -0.2) is 4.99 Å². The molecule has 0 bridgehead atoms. The molecule has 0 aliphatic carbocycles. The van der Waals surface area contributed by atoms with E-state index in [0.29, 0.717) is 3.95 Å². The van der Waals surface area contributed by atoms with Gasteiger partial charge in [-0.15, -0.1) is 0 Å². The quantitative estimate of drug-likeness (QED) is 0.373. The second-order valence-corrected chi connectivity index (χ2v) is 3.94. The molecule has 1 aromatic heterocycles. The molecule has 0 N–H and O–H groups in total. The number of hydrogen-bond donors (Lipinski definition) is 0. The molecular weight excluding hydrogens is 172 g/mol. The van der Waals surface area contributed by atoms with Crippen molar-refractivity contribution in [3.05, 3.63) is 3.95 Å². The Morgan fingerprint density at radius 3 is 2.89 bits per heavy atom. The van der Waals surface area contributed by atoms with Crippen molar-refractivity contribution in [1.29, 1.82) is 0 Å². The molecule has 2 nitrogen and oxygen atoms in total. The zero-order chi connectivity index (χ0) is 6.69. The fourth-order valence-electron chi connectivity index (χ4n) is 0.349. The summed E-state index contributed by atoms with van der Waals surface area (Å²) >= 11 is 4.79. The molecule has 0 radical (unpaired) electrons. The smallest absolute Gasteiger partial charge is 0.220 e. The summed E-state index contributed by atoms with van der Waals surface area (Å²) in [7, 11) is 2.98. The van der Waals surface area contributed by atoms with Crippen LogP contribution in [0.25, 0.3) is 0 Å². The number of nitrogens with zero attached hydrogens (tertiary/aromatic N) is 2. The summed E-state index contributed by atoms with van der Waals surface area (Å²) in [5.74, 6) is 0. The van der Waals surface area contributed by atoms with Gasteiger partial charge in [0.2, 0.25) is 5.13 Å². The fourth-order valence-corrected chi connectivity index (χ4v) is 2.19. The zero-order valence-electron chi connectivity index (χ0n) is 4.70. The highest BCUT2D eigenvalue weighted by molar-refractivity contribution is 7.79. The van der Waals surface area contributed by atoms with Gasteiger partial charge in [0.25, 0.3) is 0 Å². The van der Waals surface area contributed by atoms with E-state index in [9.17, 15) is 0 Å². The summed E-state index contributed by atoms with van der Waals surface area (Å²) in [6.45, 7) is 1.86. The first-order chi connectivity index (χ1) is 4.33. The molecule has 1 aromatic rings. The minimum atomic E-state index is 0.667. The third kappa shape index (κ3) is 1.92. The van der Waals surface area contributed by atoms with Crippen LogP contribution >= 0.6 is 32.9 Å². The van der Waals surface area contributed by atoms with E-state index in [1.165, 1.54) is 20.7 Å². The van der Waals surface area contributed by atoms with E-state index in [4.69, 9.17) is 12.2 Å². The van der Waals surface area contributed by atoms with E-state index >= 15 is 0 Å². The van der Waals surface area contributed by atoms with E-state index in [0.717, 1.165) is 5.13 Å². The third-order valence-corrected chi connectivity index (χ3v) is 3.11. The van der Waals surface area contributed by atoms with Gasteiger partial charge in [-0.2, -0.15) is 4.98 Å². The maximum absolute atomic E-state index is 4.79. The van der Waals surface area contributed by atoms with E-state index in [-0.39, 0.29) is 0 Å². The van der Waals surface area contributed by atoms with Crippen LogP contribution in [0.2, 0.25) is 0 Å². The summed E-state index contributed by atoms with van der Waals surface area (Å²) < 4.78 is 0.667. The van der Waals surface area contributed by atoms with Gasteiger partial charge in [0.05, 0.1) is 0 Å². The average molecular weight is 176 g/mol. The molecule has 0 fully saturated rings. The summed E-state index contributed by atoms with van der Waals surface area (Å²) in [4.78, 5) is 7.91. The van der Waals surface area contributed by atoms with Crippen LogP contribution in [0.1, 0.15) is 6.92 Å². The summed E-state index contributed by atoms with van der Waals surface area (Å²) in [6, 6.07) is 0. The van der Waals surface area contributed by atoms with E-state index in [1.807, 2.05) is 6.92 Å². The van der Waals surface area contributed by atoms with Crippen LogP contribution in [-0.4, -0.2) is 11.2 Å². The molecule has 0 spiro atoms. The van der Waals surface area contributed by atoms with E-state index in [1.54, 1.807) is 6.21 Å². The molecule has 0 aromatic carbocycles. The van der Waals surface area contributed by atoms with Gasteiger partial charge in [0.15, 0.2) is 3.95 Å². The van der Waals surface area contributed by atoms with Crippen LogP contribution in [0.15, 0.2) is 4.99 Å². The Morgan fingerprint density at radius 2 is 2.44 bits per heavy atom. The maximum atomic E-state index is 4.79. The standard InChI is InChI=1S/C4H4N2S3/c1-2-5-3-6-4(7)9-8-3/h2H,1H3. The number of rotatable bonds is 1. The Labute approximate surface area is 65.3 Å². The normalized spacial score (nSPS) is 10.8. The monoisotopic (exact) mass is 176 g/mol. The SMILES string of the molecule is CC=Nc1nc(=S)ss1. The lowest BCUT2D eigenvalue weighted by atomic mass is 10.9. The molecule has 0 aliphatic heterocycles. The average Bonchev–Trinajstić information content (AvgIpc) is 2.17. The second-order valence-electron chi connectivity index (χ2n) is 1.21. The maximum Gasteiger partial charge on any atom is 0.220 e. The Hall–Kier alpha value is -0.130. The van der Waals surface area contributed by atoms with Crippen molar-refractivity contribution in [2.24, 2.45) is 4.99 Å². The van der Waals surface area contributed by atoms with Crippen molar-refractivity contribution in [3.63, 3.8) is 0 Å². The van der Waals surface area contributed by atoms with Crippen molar-refractivity contribution in [2.45, 2.75) is 6.92 Å². The molecule has 9 heavy (non-hydrogen) atoms. The lowest BCUT2D eigenvalue weighted by Crippen LogP contribution is -1.59. The van der Waals surface area contributed by atoms with Crippen LogP contribution in [0.3, 0.4) is 0 Å². The van der Waals surface area contributed by atoms with Gasteiger partial charge < -0.3 is 0 Å². The minimum Gasteiger partial charge on any atom is -0.232 e. The van der Waals surface area contributed by atoms with E-state index < -0.39 is 0 Å². The first-order valence-corrected chi connectivity index (χ1v) is 4.84. The molecule has 0 amide bonds. The van der Waals surface area contributed by atoms with Gasteiger partial charge in [0, 0.05) is 6.21 Å². The molecule has 1 rings (SSSR count). The predicted octanol–water partition coefficient (Wildman–Crippen LogP) is 2.66. The molecule has 5 heteroatoms. The Kier molecular flexibility index (Phi) is 2.44. The zero-order valence-corrected chi connectivity index (χ0v) is 7.15. The summed E-state index contributed by atoms with van der Waals surface area (Å²) in [5.41, 5.74) is 0. The Morgan fingerprint density at radius 1 is 1.67 bits per heavy atom. The van der Waals surface area contributed by atoms with Crippen molar-refractivity contribution in [1.82, 2.24) is 4.98 Å². The first-order valence-electron chi connectivity index (χ1n) is 2.29. The molecular formula is C4H4N2S3. The number of aliphatic imine (C=N–C) groups is 1. The third-order valence-electron chi connectivity index (χ3n) is 0.614. The van der Waals surface area contributed by atoms with Crippen molar-refractivity contribution in [2.75, 3.05) is 0 Å². The van der Waals surface area contributed by atoms with Crippen LogP contribution in [-0.2, 0) is 0 Å². The van der Waals surface area contributed by atoms with Gasteiger partial charge in [-0.1, -0.05) is 0 Å². The van der Waals surface area contributed by atoms with Crippen LogP contribution in [0.5, 0.6) is 0 Å². The highest BCUT2D eigenvalue weighted by atomic mass is 32.9. The molecule has 0 saturated carbocycles. The van der Waals surface area contributed by atoms with Gasteiger partial charge in [0.1, 0.15) is 0 Å². The Balaban J connectivity index is 2.98. The second kappa shape index (κ2) is 3.14. The minimum absolute atomic E-state index is 0.667. The summed E-state index contributed by atoms with van der Waals surface area (Å²) in [5, 5.41) is 0.757. The van der Waals surface area contributed by atoms with Gasteiger partial charge in [-0.3, -0.25) is 0 Å². The number of hydrogen-bond acceptors (Lipinski definition) is 5. The highest BCUT2D eigenvalue weighted by Gasteiger charge is 1.89. The van der Waals surface area contributed by atoms with Gasteiger partial charge >= 0.3 is 0 Å². The molecule has 0 aliphatic rings. The van der Waals surface area contributed by atoms with Crippen LogP contribution in [0.4, 0.5) is 5.13 Å². The molecule has 48 valence electrons. The lowest BCUT2D eigenvalue weighted by molar-refractivity contribution is 1.36. The van der Waals surface area contributed by atoms with Gasteiger partial charge in [-0.05, 0) is 39.8 Å². The predicted molar refractivity (Wildman–Crippen MR) is 44.7 cm³/mol. The fraction of sp³-hybridized carbons (Fsp3) is 0.250. The van der Waals surface area contributed by atoms with Crippen LogP contribution in [0, 0.1) is 3.95 Å². The van der Waals surface area contributed by atoms with Crippen molar-refractivity contribution < 1.29 is 0 Å². The molecule has 0 saturated heterocycles.